The van der Waals surface area contributed by atoms with Gasteiger partial charge in [0.25, 0.3) is 5.91 Å². The van der Waals surface area contributed by atoms with E-state index in [0.717, 1.165) is 28.0 Å². The van der Waals surface area contributed by atoms with E-state index in [0.29, 0.717) is 50.2 Å². The van der Waals surface area contributed by atoms with Gasteiger partial charge in [0, 0.05) is 55.5 Å². The Bertz CT molecular complexity index is 1510. The largest absolute Gasteiger partial charge is 0.497 e. The van der Waals surface area contributed by atoms with Gasteiger partial charge in [-0.15, -0.1) is 10.2 Å². The number of amides is 2. The number of thioether (sulfide) groups is 1. The molecule has 0 saturated carbocycles. The molecule has 2 amide bonds. The van der Waals surface area contributed by atoms with Gasteiger partial charge in [0.15, 0.2) is 5.16 Å². The zero-order valence-corrected chi connectivity index (χ0v) is 24.6. The van der Waals surface area contributed by atoms with Crippen molar-refractivity contribution in [3.05, 3.63) is 102 Å². The number of methoxy groups -OCH3 is 1. The predicted molar refractivity (Wildman–Crippen MR) is 161 cm³/mol. The molecule has 1 unspecified atom stereocenters. The molecule has 1 aliphatic heterocycles. The number of carbonyl (C=O) groups excluding carboxylic acids is 2. The number of aromatic nitrogens is 3. The van der Waals surface area contributed by atoms with E-state index in [-0.39, 0.29) is 17.9 Å². The van der Waals surface area contributed by atoms with E-state index >= 15 is 0 Å². The number of nitrogens with zero attached hydrogens (tertiary/aromatic N) is 5. The van der Waals surface area contributed by atoms with Crippen molar-refractivity contribution >= 4 is 23.6 Å². The molecule has 4 aromatic rings. The molecule has 0 N–H and O–H groups in total. The summed E-state index contributed by atoms with van der Waals surface area (Å²) in [5.74, 6) is 1.75. The fraction of sp³-hybridized carbons (Fsp3) is 0.312. The van der Waals surface area contributed by atoms with Crippen LogP contribution in [-0.2, 0) is 11.2 Å². The van der Waals surface area contributed by atoms with E-state index in [4.69, 9.17) is 4.74 Å². The Morgan fingerprint density at radius 1 is 1.00 bits per heavy atom. The molecule has 0 bridgehead atoms. The summed E-state index contributed by atoms with van der Waals surface area (Å²) in [7, 11) is 1.64. The van der Waals surface area contributed by atoms with Crippen molar-refractivity contribution in [2.75, 3.05) is 32.5 Å². The first-order valence-electron chi connectivity index (χ1n) is 14.0. The van der Waals surface area contributed by atoms with Crippen LogP contribution in [0.2, 0.25) is 0 Å². The standard InChI is InChI=1S/C32H34FN5O3S/c1-23-22-36(17-18-37(23)31(40)25-10-6-11-26(33)21-25)30(39)12-7-19-42-32-35-34-29(20-24-8-4-3-5-9-24)38(32)27-13-15-28(41-2)16-14-27/h3-6,8-11,13-16,21,23H,7,12,17-20,22H2,1-2H3. The molecule has 2 heterocycles. The summed E-state index contributed by atoms with van der Waals surface area (Å²) in [5, 5.41) is 9.77. The first-order valence-corrected chi connectivity index (χ1v) is 15.0. The lowest BCUT2D eigenvalue weighted by atomic mass is 10.1. The minimum Gasteiger partial charge on any atom is -0.497 e. The zero-order valence-electron chi connectivity index (χ0n) is 23.8. The van der Waals surface area contributed by atoms with Gasteiger partial charge in [0.05, 0.1) is 7.11 Å². The first-order chi connectivity index (χ1) is 20.4. The highest BCUT2D eigenvalue weighted by molar-refractivity contribution is 7.99. The Balaban J connectivity index is 1.17. The van der Waals surface area contributed by atoms with Gasteiger partial charge in [0.2, 0.25) is 5.91 Å². The summed E-state index contributed by atoms with van der Waals surface area (Å²) in [6.07, 6.45) is 1.74. The lowest BCUT2D eigenvalue weighted by Gasteiger charge is -2.40. The van der Waals surface area contributed by atoms with Crippen molar-refractivity contribution in [1.29, 1.82) is 0 Å². The fourth-order valence-electron chi connectivity index (χ4n) is 5.10. The second kappa shape index (κ2) is 13.7. The summed E-state index contributed by atoms with van der Waals surface area (Å²) >= 11 is 1.58. The smallest absolute Gasteiger partial charge is 0.254 e. The molecular weight excluding hydrogens is 553 g/mol. The molecule has 0 spiro atoms. The van der Waals surface area contributed by atoms with Crippen molar-refractivity contribution in [2.45, 2.75) is 37.4 Å². The van der Waals surface area contributed by atoms with Crippen LogP contribution < -0.4 is 4.74 Å². The zero-order chi connectivity index (χ0) is 29.5. The van der Waals surface area contributed by atoms with Gasteiger partial charge in [-0.1, -0.05) is 48.2 Å². The lowest BCUT2D eigenvalue weighted by Crippen LogP contribution is -2.55. The summed E-state index contributed by atoms with van der Waals surface area (Å²) in [6, 6.07) is 23.6. The number of carbonyl (C=O) groups is 2. The Kier molecular flexibility index (Phi) is 9.53. The Hall–Kier alpha value is -4.18. The van der Waals surface area contributed by atoms with Crippen LogP contribution in [0.25, 0.3) is 5.69 Å². The first kappa shape index (κ1) is 29.3. The molecule has 1 saturated heterocycles. The molecule has 3 aromatic carbocycles. The second-order valence-electron chi connectivity index (χ2n) is 10.2. The molecule has 0 aliphatic carbocycles. The van der Waals surface area contributed by atoms with Gasteiger partial charge in [-0.05, 0) is 61.4 Å². The number of halogens is 1. The minimum atomic E-state index is -0.435. The number of hydrogen-bond donors (Lipinski definition) is 0. The van der Waals surface area contributed by atoms with E-state index in [1.54, 1.807) is 29.8 Å². The molecule has 42 heavy (non-hydrogen) atoms. The van der Waals surface area contributed by atoms with Gasteiger partial charge in [-0.3, -0.25) is 14.2 Å². The van der Waals surface area contributed by atoms with E-state index in [2.05, 4.69) is 26.9 Å². The van der Waals surface area contributed by atoms with Gasteiger partial charge in [-0.2, -0.15) is 0 Å². The summed E-state index contributed by atoms with van der Waals surface area (Å²) < 4.78 is 21.0. The molecule has 1 aliphatic rings. The summed E-state index contributed by atoms with van der Waals surface area (Å²) in [6.45, 7) is 3.27. The van der Waals surface area contributed by atoms with Crippen LogP contribution in [0.3, 0.4) is 0 Å². The Labute approximate surface area is 249 Å². The average molecular weight is 588 g/mol. The maximum Gasteiger partial charge on any atom is 0.254 e. The molecular formula is C32H34FN5O3S. The maximum atomic E-state index is 13.6. The van der Waals surface area contributed by atoms with Gasteiger partial charge >= 0.3 is 0 Å². The van der Waals surface area contributed by atoms with Crippen molar-refractivity contribution in [2.24, 2.45) is 0 Å². The van der Waals surface area contributed by atoms with Crippen LogP contribution in [0.5, 0.6) is 5.75 Å². The van der Waals surface area contributed by atoms with Gasteiger partial charge in [0.1, 0.15) is 17.4 Å². The number of ether oxygens (including phenoxy) is 1. The van der Waals surface area contributed by atoms with Crippen LogP contribution in [0, 0.1) is 5.82 Å². The number of piperazine rings is 1. The van der Waals surface area contributed by atoms with E-state index < -0.39 is 5.82 Å². The molecule has 1 fully saturated rings. The average Bonchev–Trinajstić information content (AvgIpc) is 3.41. The Morgan fingerprint density at radius 3 is 2.50 bits per heavy atom. The van der Waals surface area contributed by atoms with E-state index in [1.165, 1.54) is 18.2 Å². The quantitative estimate of drug-likeness (QED) is 0.186. The van der Waals surface area contributed by atoms with Crippen LogP contribution in [0.15, 0.2) is 84.0 Å². The third kappa shape index (κ3) is 6.99. The molecule has 1 atom stereocenters. The summed E-state index contributed by atoms with van der Waals surface area (Å²) in [4.78, 5) is 29.4. The number of benzene rings is 3. The van der Waals surface area contributed by atoms with Crippen molar-refractivity contribution in [1.82, 2.24) is 24.6 Å². The molecule has 1 aromatic heterocycles. The highest BCUT2D eigenvalue weighted by Crippen LogP contribution is 2.26. The molecule has 10 heteroatoms. The topological polar surface area (TPSA) is 80.6 Å². The molecule has 218 valence electrons. The highest BCUT2D eigenvalue weighted by Gasteiger charge is 2.30. The third-order valence-corrected chi connectivity index (χ3v) is 8.33. The van der Waals surface area contributed by atoms with Crippen LogP contribution >= 0.6 is 11.8 Å². The maximum absolute atomic E-state index is 13.6. The van der Waals surface area contributed by atoms with E-state index in [1.807, 2.05) is 54.3 Å². The SMILES string of the molecule is COc1ccc(-n2c(Cc3ccccc3)nnc2SCCCC(=O)N2CCN(C(=O)c3cccc(F)c3)C(C)C2)cc1. The second-order valence-corrected chi connectivity index (χ2v) is 11.3. The monoisotopic (exact) mass is 587 g/mol. The summed E-state index contributed by atoms with van der Waals surface area (Å²) in [5.41, 5.74) is 2.42. The van der Waals surface area contributed by atoms with Crippen molar-refractivity contribution in [3.8, 4) is 11.4 Å². The van der Waals surface area contributed by atoms with Crippen LogP contribution in [-0.4, -0.2) is 74.9 Å². The molecule has 8 nitrogen and oxygen atoms in total. The van der Waals surface area contributed by atoms with Crippen LogP contribution in [0.1, 0.15) is 41.5 Å². The van der Waals surface area contributed by atoms with Gasteiger partial charge in [-0.25, -0.2) is 4.39 Å². The number of rotatable bonds is 10. The van der Waals surface area contributed by atoms with E-state index in [9.17, 15) is 14.0 Å². The van der Waals surface area contributed by atoms with Gasteiger partial charge < -0.3 is 14.5 Å². The molecule has 5 rings (SSSR count). The Morgan fingerprint density at radius 2 is 1.79 bits per heavy atom. The normalized spacial score (nSPS) is 15.1. The van der Waals surface area contributed by atoms with Crippen molar-refractivity contribution < 1.29 is 18.7 Å². The highest BCUT2D eigenvalue weighted by atomic mass is 32.2. The van der Waals surface area contributed by atoms with Crippen LogP contribution in [0.4, 0.5) is 4.39 Å². The molecule has 0 radical (unpaired) electrons. The number of hydrogen-bond acceptors (Lipinski definition) is 6. The minimum absolute atomic E-state index is 0.0710. The lowest BCUT2D eigenvalue weighted by molar-refractivity contribution is -0.133. The third-order valence-electron chi connectivity index (χ3n) is 7.31. The fourth-order valence-corrected chi connectivity index (χ4v) is 6.01. The predicted octanol–water partition coefficient (Wildman–Crippen LogP) is 5.25. The van der Waals surface area contributed by atoms with Crippen molar-refractivity contribution in [3.63, 3.8) is 0 Å².